The summed E-state index contributed by atoms with van der Waals surface area (Å²) in [6.07, 6.45) is 3.81. The van der Waals surface area contributed by atoms with Crippen molar-refractivity contribution in [2.24, 2.45) is 9.95 Å². The Labute approximate surface area is 218 Å². The maximum atomic E-state index is 14.4. The zero-order valence-corrected chi connectivity index (χ0v) is 24.7. The van der Waals surface area contributed by atoms with Crippen molar-refractivity contribution < 1.29 is 18.5 Å². The molecule has 1 heterocycles. The molecule has 0 aliphatic heterocycles. The van der Waals surface area contributed by atoms with E-state index in [0.717, 1.165) is 12.1 Å². The number of benzene rings is 1. The molecular weight excluding hydrogens is 490 g/mol. The number of allylic oxidation sites excluding steroid dienone is 1. The highest BCUT2D eigenvalue weighted by Crippen LogP contribution is 2.38. The van der Waals surface area contributed by atoms with E-state index < -0.39 is 30.0 Å². The summed E-state index contributed by atoms with van der Waals surface area (Å²) in [7, 11) is -5.25. The van der Waals surface area contributed by atoms with Crippen LogP contribution in [-0.4, -0.2) is 46.3 Å². The van der Waals surface area contributed by atoms with Crippen LogP contribution >= 0.6 is 0 Å². The fourth-order valence-corrected chi connectivity index (χ4v) is 9.98. The van der Waals surface area contributed by atoms with E-state index in [1.165, 1.54) is 0 Å². The highest BCUT2D eigenvalue weighted by Gasteiger charge is 2.38. The molecule has 1 aromatic heterocycles. The van der Waals surface area contributed by atoms with Crippen LogP contribution in [0.1, 0.15) is 52.7 Å². The second kappa shape index (κ2) is 12.7. The number of hydrogen-bond donors (Lipinski definition) is 0. The molecule has 7 nitrogen and oxygen atoms in total. The lowest BCUT2D eigenvalue weighted by atomic mass is 10.1. The number of aryl methyl sites for hydroxylation is 1. The van der Waals surface area contributed by atoms with Crippen LogP contribution in [0.5, 0.6) is 5.88 Å². The summed E-state index contributed by atoms with van der Waals surface area (Å²) in [5.74, 6) is -0.118. The first-order chi connectivity index (χ1) is 16.8. The minimum Gasteiger partial charge on any atom is -0.476 e. The van der Waals surface area contributed by atoms with Crippen LogP contribution in [0.25, 0.3) is 0 Å². The molecule has 0 saturated carbocycles. The third-order valence-corrected chi connectivity index (χ3v) is 15.1. The van der Waals surface area contributed by atoms with Gasteiger partial charge in [-0.1, -0.05) is 57.2 Å². The van der Waals surface area contributed by atoms with Gasteiger partial charge in [0, 0.05) is 40.2 Å². The fourth-order valence-electron chi connectivity index (χ4n) is 3.48. The molecule has 0 bridgehead atoms. The minimum absolute atomic E-state index is 0.117. The number of aromatic nitrogens is 2. The zero-order chi connectivity index (χ0) is 27.0. The van der Waals surface area contributed by atoms with Crippen LogP contribution in [0.2, 0.25) is 18.1 Å². The molecule has 3 atom stereocenters. The van der Waals surface area contributed by atoms with Crippen molar-refractivity contribution in [2.75, 3.05) is 18.1 Å². The molecule has 200 valence electrons. The van der Waals surface area contributed by atoms with Gasteiger partial charge < -0.3 is 9.47 Å². The van der Waals surface area contributed by atoms with Crippen molar-refractivity contribution in [1.82, 2.24) is 9.78 Å². The van der Waals surface area contributed by atoms with Gasteiger partial charge in [0.25, 0.3) is 0 Å². The van der Waals surface area contributed by atoms with Gasteiger partial charge in [0.05, 0.1) is 6.61 Å². The smallest absolute Gasteiger partial charge is 0.320 e. The second-order valence-corrected chi connectivity index (χ2v) is 18.3. The summed E-state index contributed by atoms with van der Waals surface area (Å²) >= 11 is 0. The van der Waals surface area contributed by atoms with E-state index in [1.807, 2.05) is 56.4 Å². The van der Waals surface area contributed by atoms with Gasteiger partial charge in [-0.2, -0.15) is 0 Å². The lowest BCUT2D eigenvalue weighted by molar-refractivity contribution is -0.145. The molecule has 0 unspecified atom stereocenters. The normalized spacial score (nSPS) is 15.4. The van der Waals surface area contributed by atoms with Crippen molar-refractivity contribution >= 4 is 23.9 Å². The van der Waals surface area contributed by atoms with Crippen LogP contribution in [0.15, 0.2) is 59.3 Å². The summed E-state index contributed by atoms with van der Waals surface area (Å²) in [6.45, 7) is 19.3. The molecule has 0 fully saturated rings. The van der Waals surface area contributed by atoms with Crippen LogP contribution in [0, 0.1) is 5.92 Å². The van der Waals surface area contributed by atoms with Crippen LogP contribution in [0.3, 0.4) is 0 Å². The number of rotatable bonds is 13. The maximum absolute atomic E-state index is 14.4. The van der Waals surface area contributed by atoms with Crippen LogP contribution in [-0.2, 0) is 25.8 Å². The summed E-state index contributed by atoms with van der Waals surface area (Å²) < 4.78 is 32.8. The van der Waals surface area contributed by atoms with Crippen molar-refractivity contribution in [3.8, 4) is 5.88 Å². The number of carbonyl (C=O) groups is 1. The van der Waals surface area contributed by atoms with Gasteiger partial charge in [-0.15, -0.1) is 11.7 Å². The molecule has 0 N–H and O–H groups in total. The first-order valence-corrected chi connectivity index (χ1v) is 17.3. The third kappa shape index (κ3) is 8.92. The van der Waals surface area contributed by atoms with E-state index in [9.17, 15) is 9.00 Å². The van der Waals surface area contributed by atoms with Crippen molar-refractivity contribution in [2.45, 2.75) is 71.8 Å². The molecule has 36 heavy (non-hydrogen) atoms. The predicted molar refractivity (Wildman–Crippen MR) is 150 cm³/mol. The maximum Gasteiger partial charge on any atom is 0.320 e. The molecular formula is C27H43N3O4SSi. The van der Waals surface area contributed by atoms with Gasteiger partial charge in [0.1, 0.15) is 11.9 Å². The highest BCUT2D eigenvalue weighted by molar-refractivity contribution is 7.95. The number of ether oxygens (including phenoxy) is 2. The number of hydrogen-bond acceptors (Lipinski definition) is 6. The van der Waals surface area contributed by atoms with Crippen LogP contribution in [0.4, 0.5) is 0 Å². The standard InChI is InChI=1S/C27H43N3O4SSi/c1-9-14-23(19-33-25-17-18-30(10-2)28-25)20-35(32,29-36(7,8)27(4,5)6)21-26(31)34-22(3)24-15-12-11-13-16-24/h9,11-13,15-18,22-23H,1,10,14,19-21H2,2-8H3/t22-,23+,35+/m0/s1. The van der Waals surface area contributed by atoms with E-state index >= 15 is 0 Å². The molecule has 0 saturated heterocycles. The number of carbonyl (C=O) groups excluding carboxylic acids is 1. The Hall–Kier alpha value is -2.39. The molecule has 2 rings (SSSR count). The molecule has 0 aliphatic carbocycles. The molecule has 1 aromatic carbocycles. The van der Waals surface area contributed by atoms with Crippen molar-refractivity contribution in [3.63, 3.8) is 0 Å². The monoisotopic (exact) mass is 533 g/mol. The topological polar surface area (TPSA) is 82.8 Å². The zero-order valence-electron chi connectivity index (χ0n) is 22.9. The third-order valence-electron chi connectivity index (χ3n) is 6.55. The van der Waals surface area contributed by atoms with Crippen LogP contribution < -0.4 is 4.74 Å². The van der Waals surface area contributed by atoms with E-state index in [4.69, 9.17) is 13.5 Å². The molecule has 0 spiro atoms. The largest absolute Gasteiger partial charge is 0.476 e. The highest BCUT2D eigenvalue weighted by atomic mass is 32.2. The quantitative estimate of drug-likeness (QED) is 0.173. The van der Waals surface area contributed by atoms with E-state index in [1.54, 1.807) is 10.8 Å². The summed E-state index contributed by atoms with van der Waals surface area (Å²) in [5, 5.41) is 4.25. The Morgan fingerprint density at radius 1 is 1.25 bits per heavy atom. The lowest BCUT2D eigenvalue weighted by Crippen LogP contribution is -2.39. The fraction of sp³-hybridized carbons (Fsp3) is 0.556. The molecule has 0 radical (unpaired) electrons. The molecule has 2 aromatic rings. The van der Waals surface area contributed by atoms with Gasteiger partial charge in [0.15, 0.2) is 8.24 Å². The summed E-state index contributed by atoms with van der Waals surface area (Å²) in [5.41, 5.74) is 0.892. The van der Waals surface area contributed by atoms with Crippen molar-refractivity contribution in [3.05, 3.63) is 60.8 Å². The number of esters is 1. The number of nitrogens with zero attached hydrogens (tertiary/aromatic N) is 3. The Bertz CT molecular complexity index is 1120. The van der Waals surface area contributed by atoms with Gasteiger partial charge in [0.2, 0.25) is 5.88 Å². The van der Waals surface area contributed by atoms with E-state index in [2.05, 4.69) is 45.5 Å². The summed E-state index contributed by atoms with van der Waals surface area (Å²) in [4.78, 5) is 13.0. The average molecular weight is 534 g/mol. The van der Waals surface area contributed by atoms with Gasteiger partial charge in [-0.25, -0.2) is 4.21 Å². The minimum atomic E-state index is -2.92. The Morgan fingerprint density at radius 3 is 2.47 bits per heavy atom. The van der Waals surface area contributed by atoms with Gasteiger partial charge >= 0.3 is 5.97 Å². The Balaban J connectivity index is 2.28. The van der Waals surface area contributed by atoms with Gasteiger partial charge in [-0.3, -0.25) is 13.5 Å². The average Bonchev–Trinajstić information content (AvgIpc) is 3.25. The molecule has 9 heteroatoms. The first-order valence-electron chi connectivity index (χ1n) is 12.5. The summed E-state index contributed by atoms with van der Waals surface area (Å²) in [6, 6.07) is 11.3. The van der Waals surface area contributed by atoms with Gasteiger partial charge in [-0.05, 0) is 44.0 Å². The lowest BCUT2D eigenvalue weighted by Gasteiger charge is -2.34. The Morgan fingerprint density at radius 2 is 1.92 bits per heavy atom. The van der Waals surface area contributed by atoms with Crippen molar-refractivity contribution in [1.29, 1.82) is 0 Å². The predicted octanol–water partition coefficient (Wildman–Crippen LogP) is 6.25. The molecule has 0 amide bonds. The molecule has 0 aliphatic rings. The van der Waals surface area contributed by atoms with E-state index in [0.29, 0.717) is 18.9 Å². The Kier molecular flexibility index (Phi) is 10.5. The SMILES string of the molecule is C=CC[C@H](COc1ccn(CC)n1)C[S@@](=O)(CC(=O)O[C@@H](C)c1ccccc1)=N[Si](C)(C)C(C)(C)C. The second-order valence-electron chi connectivity index (χ2n) is 10.7. The first kappa shape index (κ1) is 29.8. The van der Waals surface area contributed by atoms with E-state index in [-0.39, 0.29) is 22.5 Å².